The Labute approximate surface area is 107 Å². The summed E-state index contributed by atoms with van der Waals surface area (Å²) in [6.07, 6.45) is 0. The minimum absolute atomic E-state index is 0.438. The number of hydrogen-bond donors (Lipinski definition) is 0. The molecule has 1 aromatic carbocycles. The standard InChI is InChI=1S/C12H9BrClNO/c13-10-6-4-9(5-7-10)8-16-12-3-1-2-11(14)15-12/h1-7H,8H2. The highest BCUT2D eigenvalue weighted by atomic mass is 79.9. The van der Waals surface area contributed by atoms with Crippen LogP contribution in [0.25, 0.3) is 0 Å². The Balaban J connectivity index is 1.99. The van der Waals surface area contributed by atoms with Crippen LogP contribution in [0.5, 0.6) is 5.88 Å². The fourth-order valence-corrected chi connectivity index (χ4v) is 1.63. The van der Waals surface area contributed by atoms with Crippen LogP contribution in [-0.4, -0.2) is 4.98 Å². The van der Waals surface area contributed by atoms with Crippen LogP contribution in [0, 0.1) is 0 Å². The van der Waals surface area contributed by atoms with Crippen molar-refractivity contribution < 1.29 is 4.74 Å². The molecular formula is C12H9BrClNO. The second-order valence-electron chi connectivity index (χ2n) is 3.21. The van der Waals surface area contributed by atoms with E-state index < -0.39 is 0 Å². The van der Waals surface area contributed by atoms with Gasteiger partial charge in [-0.15, -0.1) is 0 Å². The number of aromatic nitrogens is 1. The Morgan fingerprint density at radius 1 is 1.12 bits per heavy atom. The summed E-state index contributed by atoms with van der Waals surface area (Å²) in [5.74, 6) is 0.537. The lowest BCUT2D eigenvalue weighted by Gasteiger charge is -2.05. The molecule has 0 aliphatic carbocycles. The zero-order valence-electron chi connectivity index (χ0n) is 8.36. The third-order valence-corrected chi connectivity index (χ3v) is 2.73. The molecule has 0 saturated carbocycles. The second kappa shape index (κ2) is 5.32. The Morgan fingerprint density at radius 3 is 2.56 bits per heavy atom. The van der Waals surface area contributed by atoms with Crippen molar-refractivity contribution in [1.29, 1.82) is 0 Å². The van der Waals surface area contributed by atoms with Crippen molar-refractivity contribution in [3.05, 3.63) is 57.7 Å². The molecular weight excluding hydrogens is 289 g/mol. The molecule has 0 N–H and O–H groups in total. The molecule has 0 atom stereocenters. The third kappa shape index (κ3) is 3.22. The normalized spacial score (nSPS) is 10.1. The number of ether oxygens (including phenoxy) is 1. The van der Waals surface area contributed by atoms with E-state index in [1.54, 1.807) is 12.1 Å². The third-order valence-electron chi connectivity index (χ3n) is 1.99. The lowest BCUT2D eigenvalue weighted by Crippen LogP contribution is -1.96. The van der Waals surface area contributed by atoms with Gasteiger partial charge in [0.25, 0.3) is 0 Å². The first-order chi connectivity index (χ1) is 7.74. The molecule has 0 saturated heterocycles. The predicted molar refractivity (Wildman–Crippen MR) is 67.7 cm³/mol. The van der Waals surface area contributed by atoms with Gasteiger partial charge in [0.1, 0.15) is 11.8 Å². The fourth-order valence-electron chi connectivity index (χ4n) is 1.21. The zero-order valence-corrected chi connectivity index (χ0v) is 10.7. The Bertz CT molecular complexity index is 473. The molecule has 4 heteroatoms. The van der Waals surface area contributed by atoms with Gasteiger partial charge < -0.3 is 4.74 Å². The molecule has 0 aliphatic rings. The summed E-state index contributed by atoms with van der Waals surface area (Å²) in [5, 5.41) is 0.438. The summed E-state index contributed by atoms with van der Waals surface area (Å²) >= 11 is 9.13. The molecule has 1 heterocycles. The van der Waals surface area contributed by atoms with Crippen molar-refractivity contribution >= 4 is 27.5 Å². The van der Waals surface area contributed by atoms with E-state index in [0.29, 0.717) is 17.6 Å². The van der Waals surface area contributed by atoms with Gasteiger partial charge in [-0.1, -0.05) is 45.7 Å². The minimum Gasteiger partial charge on any atom is -0.473 e. The van der Waals surface area contributed by atoms with Crippen molar-refractivity contribution in [2.45, 2.75) is 6.61 Å². The van der Waals surface area contributed by atoms with Gasteiger partial charge in [0.15, 0.2) is 0 Å². The molecule has 0 spiro atoms. The number of halogens is 2. The second-order valence-corrected chi connectivity index (χ2v) is 4.52. The van der Waals surface area contributed by atoms with Crippen LogP contribution in [0.1, 0.15) is 5.56 Å². The van der Waals surface area contributed by atoms with Crippen molar-refractivity contribution in [3.8, 4) is 5.88 Å². The molecule has 1 aromatic heterocycles. The van der Waals surface area contributed by atoms with Crippen LogP contribution >= 0.6 is 27.5 Å². The SMILES string of the molecule is Clc1cccc(OCc2ccc(Br)cc2)n1. The van der Waals surface area contributed by atoms with Crippen LogP contribution in [0.3, 0.4) is 0 Å². The maximum atomic E-state index is 5.75. The van der Waals surface area contributed by atoms with E-state index in [2.05, 4.69) is 20.9 Å². The first-order valence-electron chi connectivity index (χ1n) is 4.74. The van der Waals surface area contributed by atoms with E-state index >= 15 is 0 Å². The summed E-state index contributed by atoms with van der Waals surface area (Å²) < 4.78 is 6.55. The monoisotopic (exact) mass is 297 g/mol. The lowest BCUT2D eigenvalue weighted by atomic mass is 10.2. The molecule has 0 unspecified atom stereocenters. The molecule has 82 valence electrons. The molecule has 0 aliphatic heterocycles. The Morgan fingerprint density at radius 2 is 1.88 bits per heavy atom. The van der Waals surface area contributed by atoms with E-state index in [0.717, 1.165) is 10.0 Å². The molecule has 2 aromatic rings. The van der Waals surface area contributed by atoms with Crippen LogP contribution in [0.15, 0.2) is 46.9 Å². The molecule has 0 amide bonds. The quantitative estimate of drug-likeness (QED) is 0.797. The van der Waals surface area contributed by atoms with Gasteiger partial charge in [-0.3, -0.25) is 0 Å². The molecule has 0 radical (unpaired) electrons. The van der Waals surface area contributed by atoms with Gasteiger partial charge in [0, 0.05) is 10.5 Å². The van der Waals surface area contributed by atoms with Crippen LogP contribution in [0.2, 0.25) is 5.15 Å². The molecule has 2 rings (SSSR count). The summed E-state index contributed by atoms with van der Waals surface area (Å²) in [7, 11) is 0. The van der Waals surface area contributed by atoms with Gasteiger partial charge in [0.2, 0.25) is 5.88 Å². The predicted octanol–water partition coefficient (Wildman–Crippen LogP) is 4.08. The molecule has 0 fully saturated rings. The average molecular weight is 299 g/mol. The number of pyridine rings is 1. The Kier molecular flexibility index (Phi) is 3.80. The van der Waals surface area contributed by atoms with Crippen LogP contribution < -0.4 is 4.74 Å². The smallest absolute Gasteiger partial charge is 0.214 e. The van der Waals surface area contributed by atoms with Gasteiger partial charge in [0.05, 0.1) is 0 Å². The Hall–Kier alpha value is -1.06. The molecule has 16 heavy (non-hydrogen) atoms. The van der Waals surface area contributed by atoms with Crippen LogP contribution in [0.4, 0.5) is 0 Å². The zero-order chi connectivity index (χ0) is 11.4. The number of hydrogen-bond acceptors (Lipinski definition) is 2. The summed E-state index contributed by atoms with van der Waals surface area (Å²) in [6, 6.07) is 13.3. The van der Waals surface area contributed by atoms with E-state index in [9.17, 15) is 0 Å². The molecule has 2 nitrogen and oxygen atoms in total. The highest BCUT2D eigenvalue weighted by Crippen LogP contribution is 2.15. The number of rotatable bonds is 3. The highest BCUT2D eigenvalue weighted by molar-refractivity contribution is 9.10. The topological polar surface area (TPSA) is 22.1 Å². The molecule has 0 bridgehead atoms. The first-order valence-corrected chi connectivity index (χ1v) is 5.91. The maximum Gasteiger partial charge on any atom is 0.214 e. The average Bonchev–Trinajstić information content (AvgIpc) is 2.28. The van der Waals surface area contributed by atoms with E-state index in [4.69, 9.17) is 16.3 Å². The lowest BCUT2D eigenvalue weighted by molar-refractivity contribution is 0.294. The fraction of sp³-hybridized carbons (Fsp3) is 0.0833. The van der Waals surface area contributed by atoms with Crippen LogP contribution in [-0.2, 0) is 6.61 Å². The maximum absolute atomic E-state index is 5.75. The van der Waals surface area contributed by atoms with Gasteiger partial charge in [-0.2, -0.15) is 0 Å². The van der Waals surface area contributed by atoms with Crippen molar-refractivity contribution in [1.82, 2.24) is 4.98 Å². The van der Waals surface area contributed by atoms with E-state index in [1.165, 1.54) is 0 Å². The van der Waals surface area contributed by atoms with Crippen molar-refractivity contribution in [3.63, 3.8) is 0 Å². The summed E-state index contributed by atoms with van der Waals surface area (Å²) in [4.78, 5) is 4.04. The van der Waals surface area contributed by atoms with Crippen molar-refractivity contribution in [2.75, 3.05) is 0 Å². The van der Waals surface area contributed by atoms with E-state index in [1.807, 2.05) is 30.3 Å². The number of nitrogens with zero attached hydrogens (tertiary/aromatic N) is 1. The van der Waals surface area contributed by atoms with Gasteiger partial charge >= 0.3 is 0 Å². The van der Waals surface area contributed by atoms with Crippen molar-refractivity contribution in [2.24, 2.45) is 0 Å². The summed E-state index contributed by atoms with van der Waals surface area (Å²) in [5.41, 5.74) is 1.09. The largest absolute Gasteiger partial charge is 0.473 e. The first kappa shape index (κ1) is 11.4. The number of benzene rings is 1. The van der Waals surface area contributed by atoms with Gasteiger partial charge in [-0.25, -0.2) is 4.98 Å². The summed E-state index contributed by atoms with van der Waals surface area (Å²) in [6.45, 7) is 0.487. The van der Waals surface area contributed by atoms with E-state index in [-0.39, 0.29) is 0 Å². The highest BCUT2D eigenvalue weighted by Gasteiger charge is 1.98. The van der Waals surface area contributed by atoms with Gasteiger partial charge in [-0.05, 0) is 23.8 Å². The minimum atomic E-state index is 0.438.